The number of rotatable bonds is 2. The maximum absolute atomic E-state index is 11.5. The minimum absolute atomic E-state index is 0.155. The maximum Gasteiger partial charge on any atom is 0.335 e. The van der Waals surface area contributed by atoms with Gasteiger partial charge in [0.15, 0.2) is 0 Å². The monoisotopic (exact) mass is 217 g/mol. The van der Waals surface area contributed by atoms with Crippen LogP contribution in [0.25, 0.3) is 10.9 Å². The Balaban J connectivity index is 2.72. The van der Waals surface area contributed by atoms with Crippen LogP contribution in [-0.2, 0) is 6.42 Å². The lowest BCUT2D eigenvalue weighted by Gasteiger charge is -2.02. The van der Waals surface area contributed by atoms with Crippen LogP contribution in [0, 0.1) is 0 Å². The zero-order chi connectivity index (χ0) is 11.7. The van der Waals surface area contributed by atoms with Gasteiger partial charge in [0.25, 0.3) is 5.56 Å². The van der Waals surface area contributed by atoms with Crippen LogP contribution in [0.2, 0.25) is 0 Å². The van der Waals surface area contributed by atoms with Crippen LogP contribution in [0.3, 0.4) is 0 Å². The number of fused-ring (bicyclic) bond motifs is 1. The minimum atomic E-state index is -0.998. The van der Waals surface area contributed by atoms with Gasteiger partial charge < -0.3 is 10.1 Å². The van der Waals surface area contributed by atoms with Gasteiger partial charge in [-0.05, 0) is 30.0 Å². The zero-order valence-corrected chi connectivity index (χ0v) is 8.78. The van der Waals surface area contributed by atoms with Crippen molar-refractivity contribution in [3.63, 3.8) is 0 Å². The molecule has 1 aromatic carbocycles. The van der Waals surface area contributed by atoms with Gasteiger partial charge in [-0.2, -0.15) is 0 Å². The molecule has 2 rings (SSSR count). The molecular weight excluding hydrogens is 206 g/mol. The van der Waals surface area contributed by atoms with Gasteiger partial charge in [-0.3, -0.25) is 4.79 Å². The van der Waals surface area contributed by atoms with Crippen LogP contribution >= 0.6 is 0 Å². The molecular formula is C12H11NO3. The Morgan fingerprint density at radius 2 is 2.12 bits per heavy atom. The van der Waals surface area contributed by atoms with E-state index in [-0.39, 0.29) is 11.1 Å². The lowest BCUT2D eigenvalue weighted by molar-refractivity contribution is 0.0697. The van der Waals surface area contributed by atoms with Gasteiger partial charge in [-0.15, -0.1) is 0 Å². The average Bonchev–Trinajstić information content (AvgIpc) is 2.27. The fraction of sp³-hybridized carbons (Fsp3) is 0.167. The number of H-pyrrole nitrogens is 1. The maximum atomic E-state index is 11.5. The molecule has 0 bridgehead atoms. The number of pyridine rings is 1. The van der Waals surface area contributed by atoms with E-state index >= 15 is 0 Å². The molecule has 1 heterocycles. The summed E-state index contributed by atoms with van der Waals surface area (Å²) in [5.74, 6) is -0.998. The van der Waals surface area contributed by atoms with Gasteiger partial charge in [0.05, 0.1) is 5.56 Å². The summed E-state index contributed by atoms with van der Waals surface area (Å²) in [6.07, 6.45) is 0.659. The smallest absolute Gasteiger partial charge is 0.335 e. The molecule has 0 atom stereocenters. The van der Waals surface area contributed by atoms with Crippen LogP contribution in [0.15, 0.2) is 29.1 Å². The number of nitrogens with one attached hydrogen (secondary N) is 1. The molecule has 0 spiro atoms. The zero-order valence-electron chi connectivity index (χ0n) is 8.78. The fourth-order valence-electron chi connectivity index (χ4n) is 1.64. The highest BCUT2D eigenvalue weighted by molar-refractivity contribution is 5.93. The first-order valence-corrected chi connectivity index (χ1v) is 5.01. The number of aromatic carboxylic acids is 1. The molecule has 2 aromatic rings. The number of carbonyl (C=O) groups is 1. The molecule has 4 nitrogen and oxygen atoms in total. The van der Waals surface area contributed by atoms with Crippen molar-refractivity contribution in [2.24, 2.45) is 0 Å². The molecule has 0 saturated heterocycles. The number of carboxylic acids is 1. The summed E-state index contributed by atoms with van der Waals surface area (Å²) in [7, 11) is 0. The molecule has 0 aliphatic heterocycles. The third-order valence-corrected chi connectivity index (χ3v) is 2.55. The number of carboxylic acid groups (broad SMARTS) is 1. The minimum Gasteiger partial charge on any atom is -0.478 e. The molecule has 0 aliphatic rings. The van der Waals surface area contributed by atoms with Gasteiger partial charge in [0, 0.05) is 11.1 Å². The lowest BCUT2D eigenvalue weighted by Crippen LogP contribution is -2.11. The van der Waals surface area contributed by atoms with E-state index in [9.17, 15) is 9.59 Å². The molecule has 0 amide bonds. The Labute approximate surface area is 91.5 Å². The van der Waals surface area contributed by atoms with Crippen LogP contribution in [0.4, 0.5) is 0 Å². The summed E-state index contributed by atoms with van der Waals surface area (Å²) >= 11 is 0. The van der Waals surface area contributed by atoms with E-state index in [1.807, 2.05) is 6.92 Å². The lowest BCUT2D eigenvalue weighted by atomic mass is 10.1. The first-order chi connectivity index (χ1) is 7.61. The Morgan fingerprint density at radius 3 is 2.75 bits per heavy atom. The number of benzene rings is 1. The Morgan fingerprint density at radius 1 is 1.38 bits per heavy atom. The molecule has 0 fully saturated rings. The van der Waals surface area contributed by atoms with Crippen LogP contribution < -0.4 is 5.56 Å². The highest BCUT2D eigenvalue weighted by atomic mass is 16.4. The van der Waals surface area contributed by atoms with E-state index in [0.29, 0.717) is 17.5 Å². The van der Waals surface area contributed by atoms with E-state index in [2.05, 4.69) is 4.98 Å². The fourth-order valence-corrected chi connectivity index (χ4v) is 1.64. The van der Waals surface area contributed by atoms with Crippen molar-refractivity contribution < 1.29 is 9.90 Å². The highest BCUT2D eigenvalue weighted by Crippen LogP contribution is 2.13. The Hall–Kier alpha value is -2.10. The molecule has 4 heteroatoms. The number of hydrogen-bond acceptors (Lipinski definition) is 2. The van der Waals surface area contributed by atoms with E-state index in [4.69, 9.17) is 5.11 Å². The third-order valence-electron chi connectivity index (χ3n) is 2.55. The van der Waals surface area contributed by atoms with Gasteiger partial charge in [0.1, 0.15) is 0 Å². The molecule has 0 unspecified atom stereocenters. The van der Waals surface area contributed by atoms with Gasteiger partial charge in [-0.1, -0.05) is 13.0 Å². The summed E-state index contributed by atoms with van der Waals surface area (Å²) in [5, 5.41) is 9.67. The molecule has 0 saturated carbocycles. The topological polar surface area (TPSA) is 70.2 Å². The van der Waals surface area contributed by atoms with Crippen molar-refractivity contribution in [2.45, 2.75) is 13.3 Å². The molecule has 16 heavy (non-hydrogen) atoms. The molecule has 2 N–H and O–H groups in total. The van der Waals surface area contributed by atoms with Crippen LogP contribution in [-0.4, -0.2) is 16.1 Å². The quantitative estimate of drug-likeness (QED) is 0.805. The van der Waals surface area contributed by atoms with Crippen molar-refractivity contribution in [3.05, 3.63) is 45.7 Å². The second-order valence-electron chi connectivity index (χ2n) is 3.58. The Bertz CT molecular complexity index is 613. The second kappa shape index (κ2) is 3.81. The summed E-state index contributed by atoms with van der Waals surface area (Å²) < 4.78 is 0. The van der Waals surface area contributed by atoms with Crippen molar-refractivity contribution in [1.29, 1.82) is 0 Å². The van der Waals surface area contributed by atoms with E-state index in [0.717, 1.165) is 5.39 Å². The molecule has 82 valence electrons. The molecule has 0 aliphatic carbocycles. The van der Waals surface area contributed by atoms with E-state index < -0.39 is 5.97 Å². The van der Waals surface area contributed by atoms with Gasteiger partial charge >= 0.3 is 5.97 Å². The number of aryl methyl sites for hydroxylation is 1. The molecule has 1 aromatic heterocycles. The second-order valence-corrected chi connectivity index (χ2v) is 3.58. The summed E-state index contributed by atoms with van der Waals surface area (Å²) in [5.41, 5.74) is 1.28. The predicted molar refractivity (Wildman–Crippen MR) is 60.9 cm³/mol. The predicted octanol–water partition coefficient (Wildman–Crippen LogP) is 1.79. The van der Waals surface area contributed by atoms with E-state index in [1.165, 1.54) is 12.1 Å². The first-order valence-electron chi connectivity index (χ1n) is 5.01. The van der Waals surface area contributed by atoms with Gasteiger partial charge in [0.2, 0.25) is 0 Å². The summed E-state index contributed by atoms with van der Waals surface area (Å²) in [6.45, 7) is 1.90. The van der Waals surface area contributed by atoms with Crippen LogP contribution in [0.1, 0.15) is 22.8 Å². The standard InChI is InChI=1S/C12H11NO3/c1-2-7-5-8-3-4-9(12(15)16)6-10(8)13-11(7)14/h3-6H,2H2,1H3,(H,13,14)(H,15,16). The normalized spacial score (nSPS) is 10.6. The SMILES string of the molecule is CCc1cc2ccc(C(=O)O)cc2[nH]c1=O. The van der Waals surface area contributed by atoms with Crippen molar-refractivity contribution in [1.82, 2.24) is 4.98 Å². The van der Waals surface area contributed by atoms with Crippen molar-refractivity contribution in [3.8, 4) is 0 Å². The van der Waals surface area contributed by atoms with Crippen molar-refractivity contribution in [2.75, 3.05) is 0 Å². The number of hydrogen-bond donors (Lipinski definition) is 2. The first kappa shape index (κ1) is 10.4. The Kier molecular flexibility index (Phi) is 2.48. The van der Waals surface area contributed by atoms with Gasteiger partial charge in [-0.25, -0.2) is 4.79 Å². The average molecular weight is 217 g/mol. The number of aromatic nitrogens is 1. The highest BCUT2D eigenvalue weighted by Gasteiger charge is 2.05. The largest absolute Gasteiger partial charge is 0.478 e. The number of aromatic amines is 1. The van der Waals surface area contributed by atoms with Crippen molar-refractivity contribution >= 4 is 16.9 Å². The summed E-state index contributed by atoms with van der Waals surface area (Å²) in [6, 6.07) is 6.49. The third kappa shape index (κ3) is 1.69. The summed E-state index contributed by atoms with van der Waals surface area (Å²) in [4.78, 5) is 25.0. The van der Waals surface area contributed by atoms with E-state index in [1.54, 1.807) is 12.1 Å². The molecule has 0 radical (unpaired) electrons. The van der Waals surface area contributed by atoms with Crippen LogP contribution in [0.5, 0.6) is 0 Å².